The summed E-state index contributed by atoms with van der Waals surface area (Å²) in [6.07, 6.45) is 4.95. The number of hydrogen-bond acceptors (Lipinski definition) is 4. The molecule has 0 amide bonds. The quantitative estimate of drug-likeness (QED) is 0.463. The Balaban J connectivity index is 2.68. The van der Waals surface area contributed by atoms with Crippen LogP contribution in [0.5, 0.6) is 17.2 Å². The Morgan fingerprint density at radius 1 is 1.04 bits per heavy atom. The summed E-state index contributed by atoms with van der Waals surface area (Å²) in [6.45, 7) is 6.03. The second-order valence-corrected chi connectivity index (χ2v) is 6.26. The summed E-state index contributed by atoms with van der Waals surface area (Å²) in [6, 6.07) is 3.88. The number of unbranched alkanes of at least 4 members (excludes halogenated alkanes) is 1. The number of methoxy groups -OCH3 is 3. The van der Waals surface area contributed by atoms with Gasteiger partial charge in [-0.1, -0.05) is 33.1 Å². The monoisotopic (exact) mass is 365 g/mol. The zero-order valence-electron chi connectivity index (χ0n) is 17.1. The Labute approximate surface area is 158 Å². The third-order valence-electron chi connectivity index (χ3n) is 4.51. The highest BCUT2D eigenvalue weighted by atomic mass is 16.5. The summed E-state index contributed by atoms with van der Waals surface area (Å²) in [5, 5.41) is 6.78. The minimum atomic E-state index is 0.600. The molecule has 26 heavy (non-hydrogen) atoms. The van der Waals surface area contributed by atoms with Gasteiger partial charge in [-0.25, -0.2) is 0 Å². The number of aliphatic imine (C=N–C) groups is 1. The lowest BCUT2D eigenvalue weighted by Gasteiger charge is -2.19. The molecule has 0 spiro atoms. The molecule has 6 nitrogen and oxygen atoms in total. The molecular formula is C20H35N3O3. The number of ether oxygens (including phenoxy) is 3. The fourth-order valence-electron chi connectivity index (χ4n) is 2.83. The van der Waals surface area contributed by atoms with Gasteiger partial charge in [-0.3, -0.25) is 4.99 Å². The maximum absolute atomic E-state index is 5.40. The molecule has 0 bridgehead atoms. The number of nitrogens with one attached hydrogen (secondary N) is 2. The van der Waals surface area contributed by atoms with E-state index in [4.69, 9.17) is 14.2 Å². The normalized spacial score (nSPS) is 12.5. The van der Waals surface area contributed by atoms with Gasteiger partial charge in [-0.05, 0) is 30.0 Å². The second kappa shape index (κ2) is 12.3. The summed E-state index contributed by atoms with van der Waals surface area (Å²) in [5.41, 5.74) is 1.03. The van der Waals surface area contributed by atoms with E-state index in [0.717, 1.165) is 18.1 Å². The topological polar surface area (TPSA) is 64.1 Å². The Hall–Kier alpha value is -2.11. The van der Waals surface area contributed by atoms with Gasteiger partial charge in [-0.15, -0.1) is 0 Å². The van der Waals surface area contributed by atoms with Crippen LogP contribution in [0.2, 0.25) is 0 Å². The number of nitrogens with zero attached hydrogens (tertiary/aromatic N) is 1. The molecule has 6 heteroatoms. The lowest BCUT2D eigenvalue weighted by Crippen LogP contribution is -2.39. The molecule has 1 rings (SSSR count). The van der Waals surface area contributed by atoms with Crippen molar-refractivity contribution in [3.05, 3.63) is 17.7 Å². The largest absolute Gasteiger partial charge is 0.493 e. The van der Waals surface area contributed by atoms with E-state index in [1.165, 1.54) is 25.7 Å². The standard InChI is InChI=1S/C20H35N3O3/c1-7-9-10-15(8-2)13-22-20(21-3)23-14-16-11-17(24-4)19(26-6)18(12-16)25-5/h11-12,15H,7-10,13-14H2,1-6H3,(H2,21,22,23). The van der Waals surface area contributed by atoms with E-state index in [-0.39, 0.29) is 0 Å². The van der Waals surface area contributed by atoms with Crippen LogP contribution in [-0.4, -0.2) is 40.9 Å². The summed E-state index contributed by atoms with van der Waals surface area (Å²) in [4.78, 5) is 4.32. The van der Waals surface area contributed by atoms with Gasteiger partial charge in [0.25, 0.3) is 0 Å². The van der Waals surface area contributed by atoms with Crippen molar-refractivity contribution in [1.82, 2.24) is 10.6 Å². The summed E-state index contributed by atoms with van der Waals surface area (Å²) in [7, 11) is 6.64. The molecule has 1 aromatic carbocycles. The molecule has 0 saturated carbocycles. The van der Waals surface area contributed by atoms with Crippen molar-refractivity contribution in [2.75, 3.05) is 34.9 Å². The van der Waals surface area contributed by atoms with Gasteiger partial charge in [0.1, 0.15) is 0 Å². The van der Waals surface area contributed by atoms with Crippen molar-refractivity contribution in [3.8, 4) is 17.2 Å². The average molecular weight is 366 g/mol. The Morgan fingerprint density at radius 2 is 1.69 bits per heavy atom. The molecule has 1 unspecified atom stereocenters. The predicted octanol–water partition coefficient (Wildman–Crippen LogP) is 3.59. The Morgan fingerprint density at radius 3 is 2.15 bits per heavy atom. The molecule has 0 aliphatic carbocycles. The van der Waals surface area contributed by atoms with Gasteiger partial charge in [-0.2, -0.15) is 0 Å². The van der Waals surface area contributed by atoms with Crippen molar-refractivity contribution < 1.29 is 14.2 Å². The first-order valence-electron chi connectivity index (χ1n) is 9.36. The van der Waals surface area contributed by atoms with Crippen molar-refractivity contribution in [2.45, 2.75) is 46.1 Å². The predicted molar refractivity (Wildman–Crippen MR) is 108 cm³/mol. The van der Waals surface area contributed by atoms with Crippen molar-refractivity contribution in [2.24, 2.45) is 10.9 Å². The Bertz CT molecular complexity index is 536. The first-order valence-corrected chi connectivity index (χ1v) is 9.36. The van der Waals surface area contributed by atoms with Crippen LogP contribution in [0.25, 0.3) is 0 Å². The smallest absolute Gasteiger partial charge is 0.203 e. The zero-order chi connectivity index (χ0) is 19.4. The molecule has 2 N–H and O–H groups in total. The molecule has 0 fully saturated rings. The molecule has 0 aromatic heterocycles. The fraction of sp³-hybridized carbons (Fsp3) is 0.650. The van der Waals surface area contributed by atoms with Crippen LogP contribution >= 0.6 is 0 Å². The minimum Gasteiger partial charge on any atom is -0.493 e. The highest BCUT2D eigenvalue weighted by Gasteiger charge is 2.13. The molecule has 0 aliphatic heterocycles. The third kappa shape index (κ3) is 6.65. The first-order chi connectivity index (χ1) is 12.6. The molecule has 0 saturated heterocycles. The van der Waals surface area contributed by atoms with E-state index in [9.17, 15) is 0 Å². The van der Waals surface area contributed by atoms with Crippen LogP contribution in [0.1, 0.15) is 45.1 Å². The summed E-state index contributed by atoms with van der Waals surface area (Å²) in [5.74, 6) is 3.38. The van der Waals surface area contributed by atoms with E-state index >= 15 is 0 Å². The molecule has 148 valence electrons. The Kier molecular flexibility index (Phi) is 10.4. The number of benzene rings is 1. The van der Waals surface area contributed by atoms with E-state index in [1.54, 1.807) is 28.4 Å². The summed E-state index contributed by atoms with van der Waals surface area (Å²) >= 11 is 0. The highest BCUT2D eigenvalue weighted by molar-refractivity contribution is 5.79. The van der Waals surface area contributed by atoms with Crippen LogP contribution < -0.4 is 24.8 Å². The van der Waals surface area contributed by atoms with Crippen molar-refractivity contribution in [3.63, 3.8) is 0 Å². The molecule has 0 heterocycles. The second-order valence-electron chi connectivity index (χ2n) is 6.26. The van der Waals surface area contributed by atoms with Gasteiger partial charge >= 0.3 is 0 Å². The van der Waals surface area contributed by atoms with Crippen molar-refractivity contribution in [1.29, 1.82) is 0 Å². The van der Waals surface area contributed by atoms with Gasteiger partial charge in [0.2, 0.25) is 5.75 Å². The van der Waals surface area contributed by atoms with Crippen LogP contribution in [0.15, 0.2) is 17.1 Å². The third-order valence-corrected chi connectivity index (χ3v) is 4.51. The van der Waals surface area contributed by atoms with E-state index in [2.05, 4.69) is 29.5 Å². The molecule has 0 aliphatic rings. The van der Waals surface area contributed by atoms with Gasteiger partial charge in [0.15, 0.2) is 17.5 Å². The van der Waals surface area contributed by atoms with Crippen molar-refractivity contribution >= 4 is 5.96 Å². The zero-order valence-corrected chi connectivity index (χ0v) is 17.1. The minimum absolute atomic E-state index is 0.600. The average Bonchev–Trinajstić information content (AvgIpc) is 2.69. The van der Waals surface area contributed by atoms with Crippen LogP contribution in [-0.2, 0) is 6.54 Å². The lowest BCUT2D eigenvalue weighted by atomic mass is 9.99. The summed E-state index contributed by atoms with van der Waals surface area (Å²) < 4.78 is 16.2. The maximum atomic E-state index is 5.40. The van der Waals surface area contributed by atoms with Gasteiger partial charge < -0.3 is 24.8 Å². The van der Waals surface area contributed by atoms with E-state index in [1.807, 2.05) is 12.1 Å². The number of rotatable bonds is 11. The maximum Gasteiger partial charge on any atom is 0.203 e. The van der Waals surface area contributed by atoms with E-state index in [0.29, 0.717) is 29.7 Å². The van der Waals surface area contributed by atoms with E-state index < -0.39 is 0 Å². The van der Waals surface area contributed by atoms with Crippen LogP contribution in [0.3, 0.4) is 0 Å². The molecular weight excluding hydrogens is 330 g/mol. The molecule has 0 radical (unpaired) electrons. The number of guanidine groups is 1. The fourth-order valence-corrected chi connectivity index (χ4v) is 2.83. The van der Waals surface area contributed by atoms with Gasteiger partial charge in [0.05, 0.1) is 21.3 Å². The lowest BCUT2D eigenvalue weighted by molar-refractivity contribution is 0.323. The van der Waals surface area contributed by atoms with Gasteiger partial charge in [0, 0.05) is 20.1 Å². The first kappa shape index (κ1) is 21.9. The number of hydrogen-bond donors (Lipinski definition) is 2. The van der Waals surface area contributed by atoms with Crippen LogP contribution in [0.4, 0.5) is 0 Å². The molecule has 1 aromatic rings. The highest BCUT2D eigenvalue weighted by Crippen LogP contribution is 2.38. The molecule has 1 atom stereocenters. The van der Waals surface area contributed by atoms with Crippen LogP contribution in [0, 0.1) is 5.92 Å². The SMILES string of the molecule is CCCCC(CC)CNC(=NC)NCc1cc(OC)c(OC)c(OC)c1.